The van der Waals surface area contributed by atoms with E-state index < -0.39 is 30.6 Å². The molecule has 0 aromatic heterocycles. The Morgan fingerprint density at radius 1 is 1.00 bits per heavy atom. The van der Waals surface area contributed by atoms with Crippen molar-refractivity contribution in [3.8, 4) is 0 Å². The van der Waals surface area contributed by atoms with Crippen molar-refractivity contribution in [2.24, 2.45) is 5.92 Å². The highest BCUT2D eigenvalue weighted by atomic mass is 16.5. The van der Waals surface area contributed by atoms with Gasteiger partial charge in [-0.1, -0.05) is 63.4 Å². The van der Waals surface area contributed by atoms with Gasteiger partial charge in [0.05, 0.1) is 6.42 Å². The number of ether oxygens (including phenoxy) is 1. The zero-order valence-electron chi connectivity index (χ0n) is 17.6. The maximum absolute atomic E-state index is 12.4. The quantitative estimate of drug-likeness (QED) is 0.561. The van der Waals surface area contributed by atoms with Gasteiger partial charge in [-0.25, -0.2) is 9.59 Å². The Labute approximate surface area is 177 Å². The van der Waals surface area contributed by atoms with Crippen molar-refractivity contribution in [3.63, 3.8) is 0 Å². The van der Waals surface area contributed by atoms with Crippen molar-refractivity contribution in [1.82, 2.24) is 16.0 Å². The Kier molecular flexibility index (Phi) is 9.31. The van der Waals surface area contributed by atoms with Crippen LogP contribution in [0.15, 0.2) is 30.3 Å². The van der Waals surface area contributed by atoms with Crippen molar-refractivity contribution in [1.29, 1.82) is 0 Å². The summed E-state index contributed by atoms with van der Waals surface area (Å²) < 4.78 is 5.02. The van der Waals surface area contributed by atoms with Crippen LogP contribution in [0.5, 0.6) is 0 Å². The number of rotatable bonds is 8. The minimum absolute atomic E-state index is 0.0687. The Morgan fingerprint density at radius 3 is 2.30 bits per heavy atom. The first-order valence-corrected chi connectivity index (χ1v) is 10.5. The van der Waals surface area contributed by atoms with E-state index in [9.17, 15) is 19.2 Å². The van der Waals surface area contributed by atoms with E-state index in [0.717, 1.165) is 37.7 Å². The maximum Gasteiger partial charge on any atom is 0.329 e. The van der Waals surface area contributed by atoms with Gasteiger partial charge in [-0.05, 0) is 24.3 Å². The Morgan fingerprint density at radius 2 is 1.67 bits per heavy atom. The van der Waals surface area contributed by atoms with E-state index in [4.69, 9.17) is 4.74 Å². The molecule has 1 fully saturated rings. The predicted molar refractivity (Wildman–Crippen MR) is 111 cm³/mol. The normalized spacial score (nSPS) is 15.2. The summed E-state index contributed by atoms with van der Waals surface area (Å²) in [5.74, 6) is -1.97. The summed E-state index contributed by atoms with van der Waals surface area (Å²) >= 11 is 0. The van der Waals surface area contributed by atoms with E-state index in [1.165, 1.54) is 0 Å². The fourth-order valence-corrected chi connectivity index (χ4v) is 3.36. The van der Waals surface area contributed by atoms with Crippen LogP contribution in [0, 0.1) is 5.92 Å². The molecule has 1 aliphatic carbocycles. The molecule has 30 heavy (non-hydrogen) atoms. The van der Waals surface area contributed by atoms with Gasteiger partial charge in [-0.2, -0.15) is 0 Å². The fourth-order valence-electron chi connectivity index (χ4n) is 3.36. The lowest BCUT2D eigenvalue weighted by Crippen LogP contribution is -2.48. The van der Waals surface area contributed by atoms with E-state index in [2.05, 4.69) is 16.0 Å². The molecule has 2 rings (SSSR count). The standard InChI is InChI=1S/C22H31N3O5/c1-15(2)20(24-18(26)13-16-9-5-3-6-10-16)21(28)30-14-19(27)25-22(29)23-17-11-7-4-8-12-17/h3,5-6,9-10,15,17,20H,4,7-8,11-14H2,1-2H3,(H,24,26)(H2,23,25,27,29)/t20-/m0/s1. The zero-order chi connectivity index (χ0) is 21.9. The molecule has 164 valence electrons. The number of carbonyl (C=O) groups is 4. The van der Waals surface area contributed by atoms with Gasteiger partial charge in [0.1, 0.15) is 6.04 Å². The molecule has 0 spiro atoms. The second-order valence-corrected chi connectivity index (χ2v) is 7.92. The van der Waals surface area contributed by atoms with Crippen LogP contribution in [0.3, 0.4) is 0 Å². The summed E-state index contributed by atoms with van der Waals surface area (Å²) in [5.41, 5.74) is 0.828. The fraction of sp³-hybridized carbons (Fsp3) is 0.545. The topological polar surface area (TPSA) is 114 Å². The number of carbonyl (C=O) groups excluding carboxylic acids is 4. The molecule has 1 aromatic carbocycles. The second kappa shape index (κ2) is 11.9. The Balaban J connectivity index is 1.76. The van der Waals surface area contributed by atoms with Crippen LogP contribution >= 0.6 is 0 Å². The third-order valence-corrected chi connectivity index (χ3v) is 4.98. The van der Waals surface area contributed by atoms with Gasteiger partial charge < -0.3 is 15.4 Å². The van der Waals surface area contributed by atoms with Crippen LogP contribution in [0.25, 0.3) is 0 Å². The van der Waals surface area contributed by atoms with Gasteiger partial charge in [0.25, 0.3) is 5.91 Å². The largest absolute Gasteiger partial charge is 0.454 e. The molecule has 1 aliphatic rings. The van der Waals surface area contributed by atoms with Crippen LogP contribution in [-0.2, 0) is 25.5 Å². The highest BCUT2D eigenvalue weighted by Crippen LogP contribution is 2.17. The van der Waals surface area contributed by atoms with Crippen molar-refractivity contribution in [3.05, 3.63) is 35.9 Å². The van der Waals surface area contributed by atoms with Crippen LogP contribution in [0.1, 0.15) is 51.5 Å². The third kappa shape index (κ3) is 8.23. The molecule has 0 heterocycles. The summed E-state index contributed by atoms with van der Waals surface area (Å²) in [6.45, 7) is 2.95. The van der Waals surface area contributed by atoms with Gasteiger partial charge in [-0.3, -0.25) is 14.9 Å². The summed E-state index contributed by atoms with van der Waals surface area (Å²) in [5, 5.41) is 7.59. The Hall–Kier alpha value is -2.90. The number of imide groups is 1. The molecule has 3 N–H and O–H groups in total. The average Bonchev–Trinajstić information content (AvgIpc) is 2.71. The van der Waals surface area contributed by atoms with Gasteiger partial charge >= 0.3 is 12.0 Å². The van der Waals surface area contributed by atoms with Crippen LogP contribution < -0.4 is 16.0 Å². The molecular formula is C22H31N3O5. The lowest BCUT2D eigenvalue weighted by Gasteiger charge is -2.23. The van der Waals surface area contributed by atoms with Crippen molar-refractivity contribution < 1.29 is 23.9 Å². The smallest absolute Gasteiger partial charge is 0.329 e. The lowest BCUT2D eigenvalue weighted by molar-refractivity contribution is -0.152. The van der Waals surface area contributed by atoms with E-state index in [0.29, 0.717) is 0 Å². The van der Waals surface area contributed by atoms with E-state index in [1.54, 1.807) is 13.8 Å². The van der Waals surface area contributed by atoms with Crippen LogP contribution in [0.4, 0.5) is 4.79 Å². The monoisotopic (exact) mass is 417 g/mol. The van der Waals surface area contributed by atoms with Crippen LogP contribution in [-0.4, -0.2) is 42.5 Å². The number of hydrogen-bond acceptors (Lipinski definition) is 5. The van der Waals surface area contributed by atoms with Gasteiger partial charge in [0.2, 0.25) is 5.91 Å². The minimum atomic E-state index is -0.884. The van der Waals surface area contributed by atoms with E-state index in [1.807, 2.05) is 30.3 Å². The highest BCUT2D eigenvalue weighted by Gasteiger charge is 2.26. The van der Waals surface area contributed by atoms with E-state index >= 15 is 0 Å². The lowest BCUT2D eigenvalue weighted by atomic mass is 9.96. The van der Waals surface area contributed by atoms with Gasteiger partial charge in [0.15, 0.2) is 6.61 Å². The van der Waals surface area contributed by atoms with Crippen molar-refractivity contribution in [2.45, 2.75) is 64.5 Å². The average molecular weight is 418 g/mol. The SMILES string of the molecule is CC(C)[C@H](NC(=O)Cc1ccccc1)C(=O)OCC(=O)NC(=O)NC1CCCCC1. The molecule has 0 saturated heterocycles. The number of hydrogen-bond donors (Lipinski definition) is 3. The number of amides is 4. The maximum atomic E-state index is 12.4. The molecule has 0 bridgehead atoms. The molecule has 1 saturated carbocycles. The zero-order valence-corrected chi connectivity index (χ0v) is 17.6. The molecule has 4 amide bonds. The summed E-state index contributed by atoms with van der Waals surface area (Å²) in [7, 11) is 0. The highest BCUT2D eigenvalue weighted by molar-refractivity contribution is 5.96. The molecule has 0 radical (unpaired) electrons. The number of urea groups is 1. The minimum Gasteiger partial charge on any atom is -0.454 e. The molecule has 0 aliphatic heterocycles. The Bertz CT molecular complexity index is 730. The number of benzene rings is 1. The van der Waals surface area contributed by atoms with Gasteiger partial charge in [0, 0.05) is 6.04 Å². The summed E-state index contributed by atoms with van der Waals surface area (Å²) in [4.78, 5) is 48.4. The molecule has 8 nitrogen and oxygen atoms in total. The van der Waals surface area contributed by atoms with Crippen molar-refractivity contribution >= 4 is 23.8 Å². The van der Waals surface area contributed by atoms with Gasteiger partial charge in [-0.15, -0.1) is 0 Å². The first-order chi connectivity index (χ1) is 14.3. The predicted octanol–water partition coefficient (Wildman–Crippen LogP) is 2.07. The molecule has 0 unspecified atom stereocenters. The van der Waals surface area contributed by atoms with Crippen LogP contribution in [0.2, 0.25) is 0 Å². The van der Waals surface area contributed by atoms with Crippen molar-refractivity contribution in [2.75, 3.05) is 6.61 Å². The summed E-state index contributed by atoms with van der Waals surface area (Å²) in [6.07, 6.45) is 5.21. The molecular weight excluding hydrogens is 386 g/mol. The first-order valence-electron chi connectivity index (χ1n) is 10.5. The number of nitrogens with one attached hydrogen (secondary N) is 3. The second-order valence-electron chi connectivity index (χ2n) is 7.92. The molecule has 8 heteroatoms. The number of esters is 1. The molecule has 1 aromatic rings. The van der Waals surface area contributed by atoms with E-state index in [-0.39, 0.29) is 24.3 Å². The molecule has 1 atom stereocenters. The third-order valence-electron chi connectivity index (χ3n) is 4.98. The first kappa shape index (κ1) is 23.4. The summed E-state index contributed by atoms with van der Waals surface area (Å²) in [6, 6.07) is 7.77.